The molecule has 0 unspecified atom stereocenters. The molecule has 3 fully saturated rings. The Morgan fingerprint density at radius 3 is 2.25 bits per heavy atom. The second-order valence-electron chi connectivity index (χ2n) is 20.2. The number of fused-ring (bicyclic) bond motifs is 3. The molecule has 68 heavy (non-hydrogen) atoms. The van der Waals surface area contributed by atoms with E-state index in [1.807, 2.05) is 58.1 Å². The lowest BCUT2D eigenvalue weighted by Crippen LogP contribution is -2.61. The number of hydrogen-bond acceptors (Lipinski definition) is 14. The van der Waals surface area contributed by atoms with Gasteiger partial charge in [-0.05, 0) is 107 Å². The first kappa shape index (κ1) is 56.7. The van der Waals surface area contributed by atoms with Crippen molar-refractivity contribution >= 4 is 35.2 Å². The van der Waals surface area contributed by atoms with E-state index in [-0.39, 0.29) is 60.8 Å². The second kappa shape index (κ2) is 26.4. The second-order valence-corrected chi connectivity index (χ2v) is 20.2. The fourth-order valence-corrected chi connectivity index (χ4v) is 10.4. The fraction of sp³-hybridized carbons (Fsp3) is 0.736. The van der Waals surface area contributed by atoms with Gasteiger partial charge in [-0.2, -0.15) is 0 Å². The van der Waals surface area contributed by atoms with E-state index in [4.69, 9.17) is 28.4 Å². The maximum absolute atomic E-state index is 14.4. The van der Waals surface area contributed by atoms with E-state index < -0.39 is 83.9 Å². The van der Waals surface area contributed by atoms with E-state index in [1.54, 1.807) is 41.1 Å². The molecular formula is C53H81NO14. The summed E-state index contributed by atoms with van der Waals surface area (Å²) in [4.78, 5) is 83.9. The number of carbonyl (C=O) groups is 6. The number of rotatable bonds is 7. The predicted molar refractivity (Wildman–Crippen MR) is 255 cm³/mol. The van der Waals surface area contributed by atoms with E-state index in [9.17, 15) is 39.0 Å². The topological polar surface area (TPSA) is 201 Å². The molecule has 1 amide bonds. The highest BCUT2D eigenvalue weighted by Gasteiger charge is 2.53. The molecule has 1 saturated carbocycles. The molecule has 2 N–H and O–H groups in total. The molecule has 3 aliphatic heterocycles. The summed E-state index contributed by atoms with van der Waals surface area (Å²) < 4.78 is 35.1. The van der Waals surface area contributed by atoms with Crippen LogP contribution < -0.4 is 0 Å². The Labute approximate surface area is 404 Å². The van der Waals surface area contributed by atoms with Gasteiger partial charge in [-0.15, -0.1) is 0 Å². The molecule has 0 aromatic heterocycles. The lowest BCUT2D eigenvalue weighted by molar-refractivity contribution is -0.265. The van der Waals surface area contributed by atoms with Crippen molar-refractivity contribution in [3.8, 4) is 0 Å². The Morgan fingerprint density at radius 2 is 1.59 bits per heavy atom. The molecule has 15 heteroatoms. The first-order valence-corrected chi connectivity index (χ1v) is 24.8. The summed E-state index contributed by atoms with van der Waals surface area (Å²) in [6.07, 6.45) is 11.2. The van der Waals surface area contributed by atoms with E-state index in [1.165, 1.54) is 18.9 Å². The number of amides is 1. The normalized spacial score (nSPS) is 39.0. The summed E-state index contributed by atoms with van der Waals surface area (Å²) in [5.74, 6) is -8.54. The van der Waals surface area contributed by atoms with Crippen molar-refractivity contribution in [1.82, 2.24) is 4.90 Å². The standard InChI is InChI=1S/C53H81NO14/c1-31-17-13-12-14-18-32(2)44(63-9)29-40-22-20-37(7)53(62,68-40)50(59)51(60)54-24-16-15-19-41(54)52(61)67-45(34(4)27-39-21-23-43(66-38(8)55)46(28-39)64-10)30-42(56)33(3)26-36(6)48(58)49(65-11)47(57)35(5)25-31/h12-14,17-18,26,31,33-35,37,39-41,43-46,48-49,58,62H,15-16,19-25,27-30H2,1-11H3/b14-12+,17-13+,32-18+,36-26+/t31-,33-,34-,35-,37-,39+,40+,41+,43-,44+,45+,46-,48-,49+,53-/m1/s1. The molecule has 0 spiro atoms. The van der Waals surface area contributed by atoms with Crippen molar-refractivity contribution < 1.29 is 67.4 Å². The number of ketones is 3. The van der Waals surface area contributed by atoms with E-state index >= 15 is 0 Å². The minimum absolute atomic E-state index is 0.0110. The van der Waals surface area contributed by atoms with E-state index in [0.29, 0.717) is 69.8 Å². The maximum Gasteiger partial charge on any atom is 0.329 e. The number of methoxy groups -OCH3 is 3. The van der Waals surface area contributed by atoms with E-state index in [2.05, 4.69) is 0 Å². The summed E-state index contributed by atoms with van der Waals surface area (Å²) in [6, 6.07) is -1.16. The minimum atomic E-state index is -2.44. The summed E-state index contributed by atoms with van der Waals surface area (Å²) in [5, 5.41) is 23.4. The van der Waals surface area contributed by atoms with Crippen LogP contribution in [-0.4, -0.2) is 133 Å². The summed E-state index contributed by atoms with van der Waals surface area (Å²) in [5.41, 5.74) is 1.25. The van der Waals surface area contributed by atoms with Crippen LogP contribution in [-0.2, 0) is 57.2 Å². The van der Waals surface area contributed by atoms with Crippen LogP contribution in [0.4, 0.5) is 0 Å². The van der Waals surface area contributed by atoms with Crippen LogP contribution in [0, 0.1) is 35.5 Å². The summed E-state index contributed by atoms with van der Waals surface area (Å²) in [7, 11) is 4.52. The molecular weight excluding hydrogens is 875 g/mol. The number of ether oxygens (including phenoxy) is 6. The Kier molecular flexibility index (Phi) is 22.0. The number of carbonyl (C=O) groups excluding carboxylic acids is 6. The molecule has 15 atom stereocenters. The van der Waals surface area contributed by atoms with Gasteiger partial charge >= 0.3 is 11.9 Å². The molecule has 15 nitrogen and oxygen atoms in total. The van der Waals surface area contributed by atoms with Crippen molar-refractivity contribution in [3.05, 3.63) is 47.6 Å². The van der Waals surface area contributed by atoms with Gasteiger partial charge in [0.15, 0.2) is 5.78 Å². The number of allylic oxidation sites excluding steroid dienone is 6. The van der Waals surface area contributed by atoms with Gasteiger partial charge in [0.2, 0.25) is 5.79 Å². The number of aliphatic hydroxyl groups is 2. The number of aliphatic hydroxyl groups excluding tert-OH is 1. The Balaban J connectivity index is 1.70. The number of cyclic esters (lactones) is 1. The van der Waals surface area contributed by atoms with Gasteiger partial charge in [0.25, 0.3) is 11.7 Å². The van der Waals surface area contributed by atoms with Crippen LogP contribution in [0.1, 0.15) is 132 Å². The lowest BCUT2D eigenvalue weighted by atomic mass is 9.78. The van der Waals surface area contributed by atoms with Crippen LogP contribution >= 0.6 is 0 Å². The molecule has 0 aromatic rings. The fourth-order valence-electron chi connectivity index (χ4n) is 10.4. The third-order valence-electron chi connectivity index (χ3n) is 14.8. The summed E-state index contributed by atoms with van der Waals surface area (Å²) >= 11 is 0. The van der Waals surface area contributed by atoms with Gasteiger partial charge in [0.05, 0.1) is 18.3 Å². The highest BCUT2D eigenvalue weighted by molar-refractivity contribution is 6.39. The Hall–Kier alpha value is -3.86. The van der Waals surface area contributed by atoms with Crippen molar-refractivity contribution in [2.24, 2.45) is 35.5 Å². The highest BCUT2D eigenvalue weighted by atomic mass is 16.6. The lowest BCUT2D eigenvalue weighted by Gasteiger charge is -2.42. The molecule has 3 heterocycles. The van der Waals surface area contributed by atoms with Crippen molar-refractivity contribution in [2.45, 2.75) is 187 Å². The van der Waals surface area contributed by atoms with Gasteiger partial charge in [-0.3, -0.25) is 24.0 Å². The van der Waals surface area contributed by atoms with Crippen LogP contribution in [0.5, 0.6) is 0 Å². The molecule has 4 aliphatic rings. The average Bonchev–Trinajstić information content (AvgIpc) is 3.30. The SMILES string of the molecule is CO[C@H]1C[C@@H]2CC[C@@H](C)[C@@](O)(O2)C(=O)C(=O)N2CCCC[C@H]2C(=O)O[C@H]([C@H](C)C[C@@H]2CC[C@@H](OC(C)=O)[C@H](OC)C2)CC(=O)[C@H](C)/C=C(\C)[C@@H](O)[C@@H](OC)C(=O)[C@H](C)C[C@H](C)/C=C/C=C/C=C/1C. The number of esters is 2. The van der Waals surface area contributed by atoms with Gasteiger partial charge < -0.3 is 43.5 Å². The first-order chi connectivity index (χ1) is 32.1. The smallest absolute Gasteiger partial charge is 0.329 e. The highest BCUT2D eigenvalue weighted by Crippen LogP contribution is 2.38. The molecule has 382 valence electrons. The van der Waals surface area contributed by atoms with Gasteiger partial charge in [-0.25, -0.2) is 4.79 Å². The number of nitrogens with zero attached hydrogens (tertiary/aromatic N) is 1. The van der Waals surface area contributed by atoms with Crippen LogP contribution in [0.15, 0.2) is 47.6 Å². The minimum Gasteiger partial charge on any atom is -0.460 e. The third kappa shape index (κ3) is 15.1. The van der Waals surface area contributed by atoms with Crippen molar-refractivity contribution in [3.63, 3.8) is 0 Å². The number of hydrogen-bond donors (Lipinski definition) is 2. The maximum atomic E-state index is 14.4. The number of Topliss-reactive ketones (excluding diaryl/α,β-unsaturated/α-hetero) is 3. The van der Waals surface area contributed by atoms with E-state index in [0.717, 1.165) is 5.57 Å². The average molecular weight is 956 g/mol. The van der Waals surface area contributed by atoms with Crippen LogP contribution in [0.2, 0.25) is 0 Å². The molecule has 4 rings (SSSR count). The molecule has 1 aliphatic carbocycles. The Bertz CT molecular complexity index is 1870. The zero-order valence-electron chi connectivity index (χ0n) is 42.5. The van der Waals surface area contributed by atoms with Crippen molar-refractivity contribution in [1.29, 1.82) is 0 Å². The molecule has 0 aromatic carbocycles. The zero-order valence-corrected chi connectivity index (χ0v) is 42.5. The molecule has 2 saturated heterocycles. The van der Waals surface area contributed by atoms with Crippen LogP contribution in [0.3, 0.4) is 0 Å². The van der Waals surface area contributed by atoms with Crippen LogP contribution in [0.25, 0.3) is 0 Å². The largest absolute Gasteiger partial charge is 0.460 e. The quantitative estimate of drug-likeness (QED) is 0.154. The summed E-state index contributed by atoms with van der Waals surface area (Å²) in [6.45, 7) is 14.1. The molecule has 0 radical (unpaired) electrons. The molecule has 2 bridgehead atoms. The van der Waals surface area contributed by atoms with Gasteiger partial charge in [-0.1, -0.05) is 71.1 Å². The van der Waals surface area contributed by atoms with Gasteiger partial charge in [0, 0.05) is 65.4 Å². The van der Waals surface area contributed by atoms with Crippen molar-refractivity contribution in [2.75, 3.05) is 27.9 Å². The monoisotopic (exact) mass is 956 g/mol. The van der Waals surface area contributed by atoms with Gasteiger partial charge in [0.1, 0.15) is 36.2 Å². The number of piperidine rings is 1. The third-order valence-corrected chi connectivity index (χ3v) is 14.8. The predicted octanol–water partition coefficient (Wildman–Crippen LogP) is 6.75. The zero-order chi connectivity index (χ0) is 50.5. The first-order valence-electron chi connectivity index (χ1n) is 24.8. The Morgan fingerprint density at radius 1 is 0.868 bits per heavy atom.